The van der Waals surface area contributed by atoms with Crippen LogP contribution in [0.15, 0.2) is 66.7 Å². The molecule has 0 fully saturated rings. The number of carbonyl (C=O) groups is 2. The van der Waals surface area contributed by atoms with Gasteiger partial charge in [0.1, 0.15) is 18.4 Å². The Morgan fingerprint density at radius 1 is 1.04 bits per heavy atom. The molecule has 0 saturated carbocycles. The summed E-state index contributed by atoms with van der Waals surface area (Å²) in [5, 5.41) is 13.6. The van der Waals surface area contributed by atoms with Crippen LogP contribution in [0.3, 0.4) is 0 Å². The van der Waals surface area contributed by atoms with Crippen molar-refractivity contribution in [3.8, 4) is 5.75 Å². The lowest BCUT2D eigenvalue weighted by atomic mass is 10.1. The predicted octanol–water partition coefficient (Wildman–Crippen LogP) is 2.49. The third kappa shape index (κ3) is 5.08. The average Bonchev–Trinajstić information content (AvgIpc) is 2.70. The van der Waals surface area contributed by atoms with E-state index in [-0.39, 0.29) is 18.9 Å². The molecule has 0 bridgehead atoms. The second-order valence-corrected chi connectivity index (χ2v) is 6.50. The molecule has 3 aromatic rings. The zero-order valence-corrected chi connectivity index (χ0v) is 15.3. The van der Waals surface area contributed by atoms with Crippen molar-refractivity contribution in [2.75, 3.05) is 6.54 Å². The highest BCUT2D eigenvalue weighted by molar-refractivity contribution is 5.85. The van der Waals surface area contributed by atoms with Gasteiger partial charge in [-0.2, -0.15) is 0 Å². The summed E-state index contributed by atoms with van der Waals surface area (Å²) >= 11 is 0. The topological polar surface area (TPSA) is 102 Å². The fourth-order valence-electron chi connectivity index (χ4n) is 2.88. The fourth-order valence-corrected chi connectivity index (χ4v) is 2.88. The van der Waals surface area contributed by atoms with E-state index in [4.69, 9.17) is 15.6 Å². The lowest BCUT2D eigenvalue weighted by molar-refractivity contribution is -0.138. The smallest absolute Gasteiger partial charge is 0.322 e. The number of nitrogens with one attached hydrogen (secondary N) is 1. The van der Waals surface area contributed by atoms with Crippen molar-refractivity contribution in [2.24, 2.45) is 5.73 Å². The van der Waals surface area contributed by atoms with Gasteiger partial charge in [0.25, 0.3) is 0 Å². The summed E-state index contributed by atoms with van der Waals surface area (Å²) in [7, 11) is 0. The first-order chi connectivity index (χ1) is 13.5. The minimum absolute atomic E-state index is 0.106. The number of benzene rings is 3. The molecule has 3 rings (SSSR count). The lowest BCUT2D eigenvalue weighted by Crippen LogP contribution is -2.42. The highest BCUT2D eigenvalue weighted by atomic mass is 16.5. The molecule has 28 heavy (non-hydrogen) atoms. The summed E-state index contributed by atoms with van der Waals surface area (Å²) in [6, 6.07) is 20.4. The molecule has 1 atom stereocenters. The molecule has 144 valence electrons. The van der Waals surface area contributed by atoms with Crippen LogP contribution >= 0.6 is 0 Å². The van der Waals surface area contributed by atoms with E-state index in [0.717, 1.165) is 21.9 Å². The van der Waals surface area contributed by atoms with Gasteiger partial charge in [-0.1, -0.05) is 54.6 Å². The van der Waals surface area contributed by atoms with Crippen LogP contribution in [0.5, 0.6) is 5.75 Å². The van der Waals surface area contributed by atoms with Gasteiger partial charge in [-0.05, 0) is 34.0 Å². The van der Waals surface area contributed by atoms with E-state index in [1.807, 2.05) is 48.5 Å². The third-order valence-electron chi connectivity index (χ3n) is 4.37. The second-order valence-electron chi connectivity index (χ2n) is 6.50. The number of carboxylic acids is 1. The van der Waals surface area contributed by atoms with Crippen molar-refractivity contribution in [3.05, 3.63) is 77.9 Å². The molecule has 0 saturated heterocycles. The summed E-state index contributed by atoms with van der Waals surface area (Å²) in [4.78, 5) is 22.7. The van der Waals surface area contributed by atoms with E-state index in [2.05, 4.69) is 23.5 Å². The molecule has 6 nitrogen and oxygen atoms in total. The van der Waals surface area contributed by atoms with Gasteiger partial charge in [0.15, 0.2) is 0 Å². The van der Waals surface area contributed by atoms with Crippen molar-refractivity contribution in [1.29, 1.82) is 0 Å². The van der Waals surface area contributed by atoms with E-state index in [1.54, 1.807) is 0 Å². The number of carboxylic acid groups (broad SMARTS) is 1. The molecular weight excluding hydrogens is 356 g/mol. The number of ether oxygens (including phenoxy) is 1. The maximum absolute atomic E-state index is 12.0. The number of rotatable bonds is 8. The summed E-state index contributed by atoms with van der Waals surface area (Å²) < 4.78 is 5.92. The number of aliphatic carboxylic acids is 1. The molecule has 0 aliphatic heterocycles. The molecule has 0 unspecified atom stereocenters. The van der Waals surface area contributed by atoms with Crippen LogP contribution in [0.1, 0.15) is 11.1 Å². The second kappa shape index (κ2) is 9.01. The number of fused-ring (bicyclic) bond motifs is 1. The molecule has 3 aromatic carbocycles. The van der Waals surface area contributed by atoms with Crippen molar-refractivity contribution in [2.45, 2.75) is 19.1 Å². The van der Waals surface area contributed by atoms with Gasteiger partial charge in [0.2, 0.25) is 5.91 Å². The third-order valence-corrected chi connectivity index (χ3v) is 4.37. The van der Waals surface area contributed by atoms with Gasteiger partial charge in [0, 0.05) is 6.54 Å². The van der Waals surface area contributed by atoms with Crippen LogP contribution in [0.4, 0.5) is 0 Å². The van der Waals surface area contributed by atoms with Crippen LogP contribution in [0, 0.1) is 0 Å². The Hall–Kier alpha value is -3.38. The van der Waals surface area contributed by atoms with Crippen LogP contribution in [0.2, 0.25) is 0 Å². The zero-order chi connectivity index (χ0) is 19.9. The fraction of sp³-hybridized carbons (Fsp3) is 0.182. The molecule has 0 aromatic heterocycles. The molecular formula is C22H22N2O4. The highest BCUT2D eigenvalue weighted by Crippen LogP contribution is 2.21. The molecule has 0 radical (unpaired) electrons. The van der Waals surface area contributed by atoms with Gasteiger partial charge in [-0.25, -0.2) is 0 Å². The van der Waals surface area contributed by atoms with Crippen molar-refractivity contribution < 1.29 is 19.4 Å². The number of hydrogen-bond donors (Lipinski definition) is 3. The number of nitrogens with two attached hydrogens (primary N) is 1. The van der Waals surface area contributed by atoms with Crippen molar-refractivity contribution >= 4 is 22.6 Å². The van der Waals surface area contributed by atoms with Gasteiger partial charge in [-0.15, -0.1) is 0 Å². The Balaban J connectivity index is 1.60. The highest BCUT2D eigenvalue weighted by Gasteiger charge is 2.13. The largest absolute Gasteiger partial charge is 0.489 e. The van der Waals surface area contributed by atoms with Crippen molar-refractivity contribution in [3.63, 3.8) is 0 Å². The number of amides is 1. The first-order valence-electron chi connectivity index (χ1n) is 8.96. The van der Waals surface area contributed by atoms with Crippen LogP contribution in [-0.2, 0) is 22.6 Å². The van der Waals surface area contributed by atoms with E-state index < -0.39 is 12.0 Å². The Labute approximate surface area is 162 Å². The van der Waals surface area contributed by atoms with E-state index >= 15 is 0 Å². The van der Waals surface area contributed by atoms with Gasteiger partial charge < -0.3 is 20.9 Å². The molecule has 0 aliphatic rings. The summed E-state index contributed by atoms with van der Waals surface area (Å²) in [5.41, 5.74) is 7.24. The van der Waals surface area contributed by atoms with Crippen molar-refractivity contribution in [1.82, 2.24) is 5.32 Å². The quantitative estimate of drug-likeness (QED) is 0.559. The van der Waals surface area contributed by atoms with Crippen LogP contribution < -0.4 is 15.8 Å². The zero-order valence-electron chi connectivity index (χ0n) is 15.3. The van der Waals surface area contributed by atoms with Crippen LogP contribution in [-0.4, -0.2) is 29.6 Å². The maximum atomic E-state index is 12.0. The molecule has 0 aliphatic carbocycles. The van der Waals surface area contributed by atoms with E-state index in [9.17, 15) is 9.59 Å². The van der Waals surface area contributed by atoms with E-state index in [0.29, 0.717) is 12.4 Å². The Morgan fingerprint density at radius 2 is 1.79 bits per heavy atom. The summed E-state index contributed by atoms with van der Waals surface area (Å²) in [6.07, 6.45) is 0.123. The van der Waals surface area contributed by atoms with Crippen LogP contribution in [0.25, 0.3) is 10.8 Å². The summed E-state index contributed by atoms with van der Waals surface area (Å²) in [6.45, 7) is 0.315. The Bertz CT molecular complexity index is 982. The molecule has 1 amide bonds. The minimum Gasteiger partial charge on any atom is -0.489 e. The first-order valence-corrected chi connectivity index (χ1v) is 8.96. The van der Waals surface area contributed by atoms with E-state index in [1.165, 1.54) is 0 Å². The molecule has 0 spiro atoms. The minimum atomic E-state index is -1.15. The predicted molar refractivity (Wildman–Crippen MR) is 107 cm³/mol. The number of carbonyl (C=O) groups excluding carboxylic acids is 1. The van der Waals surface area contributed by atoms with Gasteiger partial charge >= 0.3 is 5.97 Å². The molecule has 0 heterocycles. The van der Waals surface area contributed by atoms with Gasteiger partial charge in [0.05, 0.1) is 6.42 Å². The normalized spacial score (nSPS) is 11.8. The monoisotopic (exact) mass is 378 g/mol. The van der Waals surface area contributed by atoms with Gasteiger partial charge in [-0.3, -0.25) is 9.59 Å². The Morgan fingerprint density at radius 3 is 2.61 bits per heavy atom. The first kappa shape index (κ1) is 19.4. The summed E-state index contributed by atoms with van der Waals surface area (Å²) in [5.74, 6) is -0.771. The average molecular weight is 378 g/mol. The Kier molecular flexibility index (Phi) is 6.24. The molecule has 6 heteroatoms. The molecule has 4 N–H and O–H groups in total. The standard InChI is InChI=1S/C22H22N2O4/c23-20(22(26)27)13-24-21(25)12-15-5-3-9-18(11-15)28-14-17-8-4-7-16-6-1-2-10-19(16)17/h1-11,20H,12-14,23H2,(H,24,25)(H,26,27)/t20-/m0/s1. The lowest BCUT2D eigenvalue weighted by Gasteiger charge is -2.11. The number of hydrogen-bond acceptors (Lipinski definition) is 4. The maximum Gasteiger partial charge on any atom is 0.322 e. The SMILES string of the molecule is N[C@@H](CNC(=O)Cc1cccc(OCc2cccc3ccccc23)c1)C(=O)O.